The second-order valence-corrected chi connectivity index (χ2v) is 6.01. The van der Waals surface area contributed by atoms with Gasteiger partial charge in [-0.2, -0.15) is 13.2 Å². The number of ether oxygens (including phenoxy) is 3. The highest BCUT2D eigenvalue weighted by atomic mass is 19.4. The molecule has 0 fully saturated rings. The lowest BCUT2D eigenvalue weighted by atomic mass is 10.2. The van der Waals surface area contributed by atoms with Gasteiger partial charge in [0.05, 0.1) is 5.56 Å². The lowest BCUT2D eigenvalue weighted by Crippen LogP contribution is -2.21. The summed E-state index contributed by atoms with van der Waals surface area (Å²) in [6, 6.07) is 16.7. The predicted molar refractivity (Wildman–Crippen MR) is 97.8 cm³/mol. The average molecular weight is 389 g/mol. The Morgan fingerprint density at radius 3 is 2.32 bits per heavy atom. The zero-order valence-corrected chi connectivity index (χ0v) is 15.0. The number of halogens is 3. The molecule has 3 rings (SSSR count). The van der Waals surface area contributed by atoms with Crippen molar-refractivity contribution in [2.45, 2.75) is 19.2 Å². The fraction of sp³-hybridized carbons (Fsp3) is 0.190. The topological polar surface area (TPSA) is 40.6 Å². The van der Waals surface area contributed by atoms with Crippen LogP contribution >= 0.6 is 0 Å². The van der Waals surface area contributed by atoms with Crippen molar-refractivity contribution < 1.29 is 27.4 Å². The molecule has 1 unspecified atom stereocenters. The summed E-state index contributed by atoms with van der Waals surface area (Å²) in [5.41, 5.74) is -0.758. The molecule has 0 aliphatic heterocycles. The normalized spacial score (nSPS) is 12.3. The van der Waals surface area contributed by atoms with Crippen molar-refractivity contribution in [3.05, 3.63) is 78.5 Å². The molecule has 0 spiro atoms. The fourth-order valence-electron chi connectivity index (χ4n) is 2.36. The molecule has 0 N–H and O–H groups in total. The third kappa shape index (κ3) is 5.64. The van der Waals surface area contributed by atoms with Gasteiger partial charge in [-0.15, -0.1) is 0 Å². The van der Waals surface area contributed by atoms with E-state index in [9.17, 15) is 13.2 Å². The van der Waals surface area contributed by atoms with Crippen LogP contribution in [0.15, 0.2) is 72.9 Å². The number of benzene rings is 2. The molecule has 1 atom stereocenters. The van der Waals surface area contributed by atoms with E-state index >= 15 is 0 Å². The Morgan fingerprint density at radius 1 is 0.893 bits per heavy atom. The van der Waals surface area contributed by atoms with Crippen molar-refractivity contribution in [2.75, 3.05) is 6.61 Å². The van der Waals surface area contributed by atoms with Crippen LogP contribution in [0.4, 0.5) is 13.2 Å². The second kappa shape index (κ2) is 8.65. The Labute approximate surface area is 160 Å². The highest BCUT2D eigenvalue weighted by Gasteiger charge is 2.30. The zero-order chi connectivity index (χ0) is 20.0. The van der Waals surface area contributed by atoms with Crippen LogP contribution in [-0.2, 0) is 6.18 Å². The lowest BCUT2D eigenvalue weighted by molar-refractivity contribution is -0.137. The largest absolute Gasteiger partial charge is 0.487 e. The SMILES string of the molecule is CC(COc1ccccn1)Oc1ccc(Oc2cccc(C(F)(F)F)c2)cc1. The molecule has 28 heavy (non-hydrogen) atoms. The van der Waals surface area contributed by atoms with Crippen molar-refractivity contribution in [3.8, 4) is 23.1 Å². The van der Waals surface area contributed by atoms with E-state index in [-0.39, 0.29) is 11.9 Å². The molecule has 0 amide bonds. The van der Waals surface area contributed by atoms with Gasteiger partial charge < -0.3 is 14.2 Å². The van der Waals surface area contributed by atoms with Gasteiger partial charge in [0.15, 0.2) is 0 Å². The highest BCUT2D eigenvalue weighted by Crippen LogP contribution is 2.33. The third-order valence-electron chi connectivity index (χ3n) is 3.66. The summed E-state index contributed by atoms with van der Waals surface area (Å²) in [7, 11) is 0. The quantitative estimate of drug-likeness (QED) is 0.517. The third-order valence-corrected chi connectivity index (χ3v) is 3.66. The number of hydrogen-bond acceptors (Lipinski definition) is 4. The first-order valence-electron chi connectivity index (χ1n) is 8.56. The molecular formula is C21H18F3NO3. The summed E-state index contributed by atoms with van der Waals surface area (Å²) in [4.78, 5) is 4.07. The van der Waals surface area contributed by atoms with E-state index in [0.29, 0.717) is 24.0 Å². The molecule has 1 aromatic heterocycles. The van der Waals surface area contributed by atoms with Gasteiger partial charge in [0.2, 0.25) is 5.88 Å². The minimum absolute atomic E-state index is 0.112. The molecule has 3 aromatic rings. The molecule has 0 radical (unpaired) electrons. The van der Waals surface area contributed by atoms with Gasteiger partial charge in [-0.1, -0.05) is 12.1 Å². The van der Waals surface area contributed by atoms with Crippen molar-refractivity contribution in [2.24, 2.45) is 0 Å². The van der Waals surface area contributed by atoms with Crippen LogP contribution in [0, 0.1) is 0 Å². The minimum atomic E-state index is -4.41. The van der Waals surface area contributed by atoms with Crippen LogP contribution < -0.4 is 14.2 Å². The van der Waals surface area contributed by atoms with Gasteiger partial charge in [0.1, 0.15) is 30.0 Å². The summed E-state index contributed by atoms with van der Waals surface area (Å²) in [6.07, 6.45) is -2.99. The van der Waals surface area contributed by atoms with Crippen LogP contribution in [0.3, 0.4) is 0 Å². The number of aromatic nitrogens is 1. The first-order valence-corrected chi connectivity index (χ1v) is 8.56. The number of hydrogen-bond donors (Lipinski definition) is 0. The van der Waals surface area contributed by atoms with Crippen molar-refractivity contribution >= 4 is 0 Å². The highest BCUT2D eigenvalue weighted by molar-refractivity contribution is 5.37. The van der Waals surface area contributed by atoms with E-state index in [1.165, 1.54) is 12.1 Å². The fourth-order valence-corrected chi connectivity index (χ4v) is 2.36. The van der Waals surface area contributed by atoms with Gasteiger partial charge in [-0.25, -0.2) is 4.98 Å². The Balaban J connectivity index is 1.55. The molecule has 0 saturated carbocycles. The summed E-state index contributed by atoms with van der Waals surface area (Å²) >= 11 is 0. The maximum atomic E-state index is 12.8. The maximum Gasteiger partial charge on any atom is 0.416 e. The summed E-state index contributed by atoms with van der Waals surface area (Å²) in [6.45, 7) is 2.18. The monoisotopic (exact) mass is 389 g/mol. The first kappa shape index (κ1) is 19.5. The molecule has 1 heterocycles. The Hall–Kier alpha value is -3.22. The molecular weight excluding hydrogens is 371 g/mol. The summed E-state index contributed by atoms with van der Waals surface area (Å²) < 4.78 is 55.1. The van der Waals surface area contributed by atoms with Gasteiger partial charge in [-0.05, 0) is 55.5 Å². The van der Waals surface area contributed by atoms with E-state index < -0.39 is 11.7 Å². The second-order valence-electron chi connectivity index (χ2n) is 6.01. The van der Waals surface area contributed by atoms with E-state index in [2.05, 4.69) is 4.98 Å². The molecule has 0 saturated heterocycles. The van der Waals surface area contributed by atoms with E-state index in [0.717, 1.165) is 12.1 Å². The van der Waals surface area contributed by atoms with E-state index in [1.54, 1.807) is 42.6 Å². The van der Waals surface area contributed by atoms with Gasteiger partial charge in [0, 0.05) is 12.3 Å². The van der Waals surface area contributed by atoms with Crippen molar-refractivity contribution in [1.29, 1.82) is 0 Å². The van der Waals surface area contributed by atoms with E-state index in [4.69, 9.17) is 14.2 Å². The number of alkyl halides is 3. The molecule has 0 aliphatic carbocycles. The van der Waals surface area contributed by atoms with Crippen LogP contribution in [-0.4, -0.2) is 17.7 Å². The van der Waals surface area contributed by atoms with Crippen LogP contribution in [0.2, 0.25) is 0 Å². The minimum Gasteiger partial charge on any atom is -0.487 e. The maximum absolute atomic E-state index is 12.8. The van der Waals surface area contributed by atoms with Crippen LogP contribution in [0.25, 0.3) is 0 Å². The predicted octanol–water partition coefficient (Wildman–Crippen LogP) is 5.74. The Bertz CT molecular complexity index is 883. The lowest BCUT2D eigenvalue weighted by Gasteiger charge is -2.15. The van der Waals surface area contributed by atoms with Gasteiger partial charge in [0.25, 0.3) is 0 Å². The Morgan fingerprint density at radius 2 is 1.64 bits per heavy atom. The van der Waals surface area contributed by atoms with Gasteiger partial charge >= 0.3 is 6.18 Å². The zero-order valence-electron chi connectivity index (χ0n) is 15.0. The molecule has 7 heteroatoms. The first-order chi connectivity index (χ1) is 13.4. The molecule has 146 valence electrons. The van der Waals surface area contributed by atoms with E-state index in [1.807, 2.05) is 13.0 Å². The molecule has 0 bridgehead atoms. The van der Waals surface area contributed by atoms with Crippen molar-refractivity contribution in [3.63, 3.8) is 0 Å². The number of nitrogens with zero attached hydrogens (tertiary/aromatic N) is 1. The van der Waals surface area contributed by atoms with Crippen molar-refractivity contribution in [1.82, 2.24) is 4.98 Å². The molecule has 4 nitrogen and oxygen atoms in total. The van der Waals surface area contributed by atoms with Crippen LogP contribution in [0.5, 0.6) is 23.1 Å². The average Bonchev–Trinajstić information content (AvgIpc) is 2.68. The number of rotatable bonds is 7. The smallest absolute Gasteiger partial charge is 0.416 e. The van der Waals surface area contributed by atoms with Crippen LogP contribution in [0.1, 0.15) is 12.5 Å². The Kier molecular flexibility index (Phi) is 6.03. The summed E-state index contributed by atoms with van der Waals surface area (Å²) in [5.74, 6) is 1.63. The van der Waals surface area contributed by atoms with Gasteiger partial charge in [-0.3, -0.25) is 0 Å². The molecule has 0 aliphatic rings. The standard InChI is InChI=1S/C21H18F3NO3/c1-15(14-26-20-7-2-3-12-25-20)27-17-8-10-18(11-9-17)28-19-6-4-5-16(13-19)21(22,23)24/h2-13,15H,14H2,1H3. The summed E-state index contributed by atoms with van der Waals surface area (Å²) in [5, 5.41) is 0. The number of pyridine rings is 1. The molecule has 2 aromatic carbocycles.